The molecule has 0 aliphatic rings. The number of pyridine rings is 1. The van der Waals surface area contributed by atoms with E-state index in [9.17, 15) is 5.11 Å². The standard InChI is InChI=1S/C13H11N3OS2/c17-9-2-3-10-11(5-9)19-13(16-10)8-1-4-12(14-6-8)15-7-18/h1-6,17-18H,7H2,(H,14,15). The molecule has 0 atom stereocenters. The summed E-state index contributed by atoms with van der Waals surface area (Å²) in [5, 5.41) is 13.4. The number of nitrogens with zero attached hydrogens (tertiary/aromatic N) is 2. The molecule has 0 fully saturated rings. The predicted molar refractivity (Wildman–Crippen MR) is 82.0 cm³/mol. The first kappa shape index (κ1) is 12.3. The molecule has 0 unspecified atom stereocenters. The van der Waals surface area contributed by atoms with E-state index in [0.717, 1.165) is 26.6 Å². The number of thiol groups is 1. The van der Waals surface area contributed by atoms with Crippen molar-refractivity contribution in [3.63, 3.8) is 0 Å². The summed E-state index contributed by atoms with van der Waals surface area (Å²) in [6.45, 7) is 0. The lowest BCUT2D eigenvalue weighted by Crippen LogP contribution is -1.96. The second-order valence-electron chi connectivity index (χ2n) is 3.94. The number of benzene rings is 1. The highest BCUT2D eigenvalue weighted by Crippen LogP contribution is 2.31. The highest BCUT2D eigenvalue weighted by Gasteiger charge is 2.07. The summed E-state index contributed by atoms with van der Waals surface area (Å²) in [6, 6.07) is 9.05. The van der Waals surface area contributed by atoms with Gasteiger partial charge in [0, 0.05) is 11.8 Å². The van der Waals surface area contributed by atoms with Gasteiger partial charge in [-0.2, -0.15) is 12.6 Å². The summed E-state index contributed by atoms with van der Waals surface area (Å²) < 4.78 is 0.965. The lowest BCUT2D eigenvalue weighted by molar-refractivity contribution is 0.476. The maximum Gasteiger partial charge on any atom is 0.126 e. The van der Waals surface area contributed by atoms with Crippen LogP contribution >= 0.6 is 24.0 Å². The van der Waals surface area contributed by atoms with E-state index in [4.69, 9.17) is 0 Å². The van der Waals surface area contributed by atoms with E-state index in [1.165, 1.54) is 11.3 Å². The molecule has 0 spiro atoms. The Balaban J connectivity index is 1.99. The summed E-state index contributed by atoms with van der Waals surface area (Å²) in [6.07, 6.45) is 1.78. The van der Waals surface area contributed by atoms with Gasteiger partial charge < -0.3 is 10.4 Å². The highest BCUT2D eigenvalue weighted by molar-refractivity contribution is 7.80. The molecule has 0 aliphatic carbocycles. The van der Waals surface area contributed by atoms with Crippen molar-refractivity contribution >= 4 is 40.0 Å². The molecule has 6 heteroatoms. The Morgan fingerprint density at radius 1 is 1.26 bits per heavy atom. The number of aromatic hydroxyl groups is 1. The van der Waals surface area contributed by atoms with Gasteiger partial charge in [0.25, 0.3) is 0 Å². The van der Waals surface area contributed by atoms with Crippen molar-refractivity contribution < 1.29 is 5.11 Å². The Bertz CT molecular complexity index is 709. The molecule has 2 heterocycles. The number of nitrogens with one attached hydrogen (secondary N) is 1. The third-order valence-electron chi connectivity index (χ3n) is 2.64. The SMILES string of the molecule is Oc1ccc2nc(-c3ccc(NCS)nc3)sc2c1. The first-order chi connectivity index (χ1) is 9.26. The van der Waals surface area contributed by atoms with E-state index in [0.29, 0.717) is 5.88 Å². The Morgan fingerprint density at radius 2 is 2.16 bits per heavy atom. The molecule has 2 aromatic heterocycles. The number of rotatable bonds is 3. The molecule has 3 rings (SSSR count). The van der Waals surface area contributed by atoms with Crippen LogP contribution in [0, 0.1) is 0 Å². The molecule has 0 bridgehead atoms. The van der Waals surface area contributed by atoms with Gasteiger partial charge in [0.2, 0.25) is 0 Å². The maximum atomic E-state index is 9.46. The summed E-state index contributed by atoms with van der Waals surface area (Å²) >= 11 is 5.62. The van der Waals surface area contributed by atoms with Gasteiger partial charge in [0.15, 0.2) is 0 Å². The first-order valence-electron chi connectivity index (χ1n) is 5.67. The Labute approximate surface area is 119 Å². The van der Waals surface area contributed by atoms with Crippen LogP contribution in [0.15, 0.2) is 36.5 Å². The van der Waals surface area contributed by atoms with Crippen molar-refractivity contribution in [3.8, 4) is 16.3 Å². The van der Waals surface area contributed by atoms with Crippen LogP contribution in [0.4, 0.5) is 5.82 Å². The lowest BCUT2D eigenvalue weighted by Gasteiger charge is -2.01. The third kappa shape index (κ3) is 2.50. The zero-order valence-electron chi connectivity index (χ0n) is 9.87. The minimum atomic E-state index is 0.258. The van der Waals surface area contributed by atoms with E-state index in [1.54, 1.807) is 18.3 Å². The average Bonchev–Trinajstić information content (AvgIpc) is 2.83. The molecule has 4 nitrogen and oxygen atoms in total. The molecule has 0 amide bonds. The lowest BCUT2D eigenvalue weighted by atomic mass is 10.3. The minimum absolute atomic E-state index is 0.258. The van der Waals surface area contributed by atoms with E-state index >= 15 is 0 Å². The van der Waals surface area contributed by atoms with Crippen molar-refractivity contribution in [1.82, 2.24) is 9.97 Å². The summed E-state index contributed by atoms with van der Waals surface area (Å²) in [5.74, 6) is 1.60. The molecule has 1 aromatic carbocycles. The van der Waals surface area contributed by atoms with Crippen molar-refractivity contribution in [3.05, 3.63) is 36.5 Å². The number of hydrogen-bond acceptors (Lipinski definition) is 6. The fourth-order valence-electron chi connectivity index (χ4n) is 1.74. The minimum Gasteiger partial charge on any atom is -0.508 e. The number of thiazole rings is 1. The molecule has 0 radical (unpaired) electrons. The van der Waals surface area contributed by atoms with Gasteiger partial charge in [-0.1, -0.05) is 0 Å². The van der Waals surface area contributed by atoms with Crippen LogP contribution in [0.2, 0.25) is 0 Å². The van der Waals surface area contributed by atoms with Crippen molar-refractivity contribution in [2.75, 3.05) is 11.2 Å². The van der Waals surface area contributed by atoms with E-state index in [-0.39, 0.29) is 5.75 Å². The fourth-order valence-corrected chi connectivity index (χ4v) is 2.89. The van der Waals surface area contributed by atoms with Gasteiger partial charge in [0.1, 0.15) is 16.6 Å². The number of phenols is 1. The fraction of sp³-hybridized carbons (Fsp3) is 0.0769. The quantitative estimate of drug-likeness (QED) is 0.511. The second-order valence-corrected chi connectivity index (χ2v) is 5.28. The molecule has 19 heavy (non-hydrogen) atoms. The van der Waals surface area contributed by atoms with Crippen LogP contribution in [0.25, 0.3) is 20.8 Å². The zero-order valence-corrected chi connectivity index (χ0v) is 11.6. The van der Waals surface area contributed by atoms with Crippen molar-refractivity contribution in [2.45, 2.75) is 0 Å². The average molecular weight is 289 g/mol. The molecule has 3 aromatic rings. The number of aromatic nitrogens is 2. The largest absolute Gasteiger partial charge is 0.508 e. The van der Waals surface area contributed by atoms with Crippen LogP contribution in [-0.4, -0.2) is 21.0 Å². The maximum absolute atomic E-state index is 9.46. The monoisotopic (exact) mass is 289 g/mol. The van der Waals surface area contributed by atoms with Gasteiger partial charge >= 0.3 is 0 Å². The van der Waals surface area contributed by atoms with E-state index in [1.807, 2.05) is 18.2 Å². The summed E-state index contributed by atoms with van der Waals surface area (Å²) in [5.41, 5.74) is 1.85. The van der Waals surface area contributed by atoms with Gasteiger partial charge in [-0.15, -0.1) is 11.3 Å². The number of fused-ring (bicyclic) bond motifs is 1. The van der Waals surface area contributed by atoms with E-state index < -0.39 is 0 Å². The van der Waals surface area contributed by atoms with Crippen LogP contribution in [0.3, 0.4) is 0 Å². The van der Waals surface area contributed by atoms with E-state index in [2.05, 4.69) is 27.9 Å². The summed E-state index contributed by atoms with van der Waals surface area (Å²) in [7, 11) is 0. The highest BCUT2D eigenvalue weighted by atomic mass is 32.1. The first-order valence-corrected chi connectivity index (χ1v) is 7.12. The Kier molecular flexibility index (Phi) is 3.27. The number of anilines is 1. The van der Waals surface area contributed by atoms with Crippen molar-refractivity contribution in [1.29, 1.82) is 0 Å². The Morgan fingerprint density at radius 3 is 2.89 bits per heavy atom. The topological polar surface area (TPSA) is 58.0 Å². The van der Waals surface area contributed by atoms with Gasteiger partial charge in [-0.25, -0.2) is 9.97 Å². The normalized spacial score (nSPS) is 10.8. The van der Waals surface area contributed by atoms with Crippen LogP contribution in [-0.2, 0) is 0 Å². The smallest absolute Gasteiger partial charge is 0.126 e. The number of hydrogen-bond donors (Lipinski definition) is 3. The second kappa shape index (κ2) is 5.07. The molecular weight excluding hydrogens is 278 g/mol. The van der Waals surface area contributed by atoms with Crippen LogP contribution in [0.1, 0.15) is 0 Å². The molecular formula is C13H11N3OS2. The van der Waals surface area contributed by atoms with Crippen LogP contribution in [0.5, 0.6) is 5.75 Å². The third-order valence-corrected chi connectivity index (χ3v) is 3.87. The molecule has 0 aliphatic heterocycles. The molecule has 96 valence electrons. The zero-order chi connectivity index (χ0) is 13.2. The molecule has 0 saturated carbocycles. The molecule has 0 saturated heterocycles. The number of phenolic OH excluding ortho intramolecular Hbond substituents is 1. The summed E-state index contributed by atoms with van der Waals surface area (Å²) in [4.78, 5) is 8.82. The predicted octanol–water partition coefficient (Wildman–Crippen LogP) is 3.36. The van der Waals surface area contributed by atoms with Crippen molar-refractivity contribution in [2.24, 2.45) is 0 Å². The molecule has 2 N–H and O–H groups in total. The Hall–Kier alpha value is -1.79. The van der Waals surface area contributed by atoms with Gasteiger partial charge in [-0.05, 0) is 30.3 Å². The van der Waals surface area contributed by atoms with Gasteiger partial charge in [-0.3, -0.25) is 0 Å². The van der Waals surface area contributed by atoms with Crippen LogP contribution < -0.4 is 5.32 Å². The van der Waals surface area contributed by atoms with Gasteiger partial charge in [0.05, 0.1) is 16.1 Å².